The Labute approximate surface area is 88.0 Å². The molecule has 0 aliphatic carbocycles. The van der Waals surface area contributed by atoms with E-state index in [-0.39, 0.29) is 12.3 Å². The van der Waals surface area contributed by atoms with Crippen LogP contribution in [0.4, 0.5) is 0 Å². The summed E-state index contributed by atoms with van der Waals surface area (Å²) in [4.78, 5) is 23.5. The first-order chi connectivity index (χ1) is 7.15. The van der Waals surface area contributed by atoms with E-state index in [4.69, 9.17) is 15.6 Å². The molecule has 1 atom stereocenters. The van der Waals surface area contributed by atoms with E-state index in [9.17, 15) is 9.59 Å². The molecule has 0 aromatic heterocycles. The van der Waals surface area contributed by atoms with Crippen molar-refractivity contribution in [2.24, 2.45) is 11.7 Å². The second-order valence-corrected chi connectivity index (χ2v) is 3.48. The predicted molar refractivity (Wildman–Crippen MR) is 52.2 cm³/mol. The van der Waals surface area contributed by atoms with Gasteiger partial charge in [-0.2, -0.15) is 0 Å². The van der Waals surface area contributed by atoms with Crippen molar-refractivity contribution in [3.8, 4) is 0 Å². The van der Waals surface area contributed by atoms with Gasteiger partial charge in [0.1, 0.15) is 0 Å². The molecule has 0 aromatic carbocycles. The van der Waals surface area contributed by atoms with E-state index < -0.39 is 11.9 Å². The number of ether oxygens (including phenoxy) is 1. The summed E-state index contributed by atoms with van der Waals surface area (Å²) in [6, 6.07) is 0. The maximum Gasteiger partial charge on any atom is 0.308 e. The van der Waals surface area contributed by atoms with Gasteiger partial charge in [-0.1, -0.05) is 0 Å². The highest BCUT2D eigenvalue weighted by Gasteiger charge is 2.33. The molecule has 0 aromatic rings. The molecule has 0 radical (unpaired) electrons. The van der Waals surface area contributed by atoms with Crippen molar-refractivity contribution < 1.29 is 19.4 Å². The summed E-state index contributed by atoms with van der Waals surface area (Å²) in [6.45, 7) is 2.06. The molecule has 3 N–H and O–H groups in total. The van der Waals surface area contributed by atoms with Crippen molar-refractivity contribution in [3.63, 3.8) is 0 Å². The standard InChI is InChI=1S/C9H16N2O4/c10-1-3-15-4-2-11-6-7(9(13)14)5-8(11)12/h7H,1-6,10H2,(H,13,14). The zero-order chi connectivity index (χ0) is 11.3. The van der Waals surface area contributed by atoms with E-state index in [0.29, 0.717) is 32.8 Å². The molecule has 1 aliphatic rings. The highest BCUT2D eigenvalue weighted by atomic mass is 16.5. The topological polar surface area (TPSA) is 92.9 Å². The Balaban J connectivity index is 2.25. The van der Waals surface area contributed by atoms with Crippen LogP contribution in [0.3, 0.4) is 0 Å². The van der Waals surface area contributed by atoms with Crippen molar-refractivity contribution >= 4 is 11.9 Å². The lowest BCUT2D eigenvalue weighted by atomic mass is 10.1. The van der Waals surface area contributed by atoms with Gasteiger partial charge >= 0.3 is 5.97 Å². The maximum absolute atomic E-state index is 11.3. The minimum atomic E-state index is -0.909. The predicted octanol–water partition coefficient (Wildman–Crippen LogP) is -1.11. The van der Waals surface area contributed by atoms with E-state index in [1.165, 1.54) is 4.90 Å². The molecule has 0 saturated carbocycles. The molecule has 1 heterocycles. The van der Waals surface area contributed by atoms with Crippen LogP contribution in [0.5, 0.6) is 0 Å². The largest absolute Gasteiger partial charge is 0.481 e. The lowest BCUT2D eigenvalue weighted by molar-refractivity contribution is -0.141. The first-order valence-corrected chi connectivity index (χ1v) is 4.93. The summed E-state index contributed by atoms with van der Waals surface area (Å²) in [5.41, 5.74) is 5.23. The molecular weight excluding hydrogens is 200 g/mol. The van der Waals surface area contributed by atoms with Gasteiger partial charge in [-0.25, -0.2) is 0 Å². The Bertz CT molecular complexity index is 244. The van der Waals surface area contributed by atoms with Gasteiger partial charge in [0.15, 0.2) is 0 Å². The molecule has 0 spiro atoms. The van der Waals surface area contributed by atoms with Gasteiger partial charge in [0.25, 0.3) is 0 Å². The molecular formula is C9H16N2O4. The third-order valence-corrected chi connectivity index (χ3v) is 2.33. The number of rotatable bonds is 6. The maximum atomic E-state index is 11.3. The Kier molecular flexibility index (Phi) is 4.51. The number of amides is 1. The SMILES string of the molecule is NCCOCCN1CC(C(=O)O)CC1=O. The number of carbonyl (C=O) groups is 2. The average Bonchev–Trinajstić information content (AvgIpc) is 2.55. The summed E-state index contributed by atoms with van der Waals surface area (Å²) >= 11 is 0. The Morgan fingerprint density at radius 3 is 2.87 bits per heavy atom. The number of carbonyl (C=O) groups excluding carboxylic acids is 1. The quantitative estimate of drug-likeness (QED) is 0.549. The molecule has 15 heavy (non-hydrogen) atoms. The molecule has 6 heteroatoms. The average molecular weight is 216 g/mol. The number of carboxylic acids is 1. The minimum absolute atomic E-state index is 0.103. The smallest absolute Gasteiger partial charge is 0.308 e. The van der Waals surface area contributed by atoms with E-state index in [1.807, 2.05) is 0 Å². The number of hydrogen-bond donors (Lipinski definition) is 2. The third kappa shape index (κ3) is 3.49. The second-order valence-electron chi connectivity index (χ2n) is 3.48. The summed E-state index contributed by atoms with van der Waals surface area (Å²) in [5, 5.41) is 8.73. The zero-order valence-corrected chi connectivity index (χ0v) is 8.52. The monoisotopic (exact) mass is 216 g/mol. The van der Waals surface area contributed by atoms with E-state index in [0.717, 1.165) is 0 Å². The normalized spacial score (nSPS) is 21.0. The van der Waals surface area contributed by atoms with Gasteiger partial charge in [0, 0.05) is 26.1 Å². The van der Waals surface area contributed by atoms with Gasteiger partial charge in [0.2, 0.25) is 5.91 Å². The summed E-state index contributed by atoms with van der Waals surface area (Å²) in [6.07, 6.45) is 0.103. The lowest BCUT2D eigenvalue weighted by Gasteiger charge is -2.15. The number of likely N-dealkylation sites (tertiary alicyclic amines) is 1. The van der Waals surface area contributed by atoms with Crippen LogP contribution in [0.15, 0.2) is 0 Å². The summed E-state index contributed by atoms with van der Waals surface area (Å²) in [5.74, 6) is -1.58. The molecule has 0 bridgehead atoms. The third-order valence-electron chi connectivity index (χ3n) is 2.33. The first kappa shape index (κ1) is 11.9. The number of aliphatic carboxylic acids is 1. The van der Waals surface area contributed by atoms with Crippen LogP contribution in [0.2, 0.25) is 0 Å². The molecule has 86 valence electrons. The fraction of sp³-hybridized carbons (Fsp3) is 0.778. The highest BCUT2D eigenvalue weighted by Crippen LogP contribution is 2.17. The lowest BCUT2D eigenvalue weighted by Crippen LogP contribution is -2.30. The van der Waals surface area contributed by atoms with Crippen molar-refractivity contribution in [1.82, 2.24) is 4.90 Å². The van der Waals surface area contributed by atoms with Crippen molar-refractivity contribution in [3.05, 3.63) is 0 Å². The van der Waals surface area contributed by atoms with Crippen molar-refractivity contribution in [2.75, 3.05) is 32.8 Å². The molecule has 1 aliphatic heterocycles. The number of hydrogen-bond acceptors (Lipinski definition) is 4. The molecule has 1 unspecified atom stereocenters. The highest BCUT2D eigenvalue weighted by molar-refractivity contribution is 5.86. The number of nitrogens with two attached hydrogens (primary N) is 1. The Morgan fingerprint density at radius 1 is 1.60 bits per heavy atom. The van der Waals surface area contributed by atoms with E-state index in [2.05, 4.69) is 0 Å². The van der Waals surface area contributed by atoms with Crippen molar-refractivity contribution in [1.29, 1.82) is 0 Å². The molecule has 1 fully saturated rings. The van der Waals surface area contributed by atoms with Gasteiger partial charge in [-0.3, -0.25) is 9.59 Å². The van der Waals surface area contributed by atoms with Gasteiger partial charge in [0.05, 0.1) is 19.1 Å². The fourth-order valence-corrected chi connectivity index (χ4v) is 1.51. The minimum Gasteiger partial charge on any atom is -0.481 e. The zero-order valence-electron chi connectivity index (χ0n) is 8.52. The second kappa shape index (κ2) is 5.67. The fourth-order valence-electron chi connectivity index (χ4n) is 1.51. The van der Waals surface area contributed by atoms with Crippen LogP contribution < -0.4 is 5.73 Å². The Morgan fingerprint density at radius 2 is 2.33 bits per heavy atom. The number of nitrogens with zero attached hydrogens (tertiary/aromatic N) is 1. The number of carboxylic acid groups (broad SMARTS) is 1. The van der Waals surface area contributed by atoms with Crippen LogP contribution >= 0.6 is 0 Å². The van der Waals surface area contributed by atoms with E-state index in [1.54, 1.807) is 0 Å². The van der Waals surface area contributed by atoms with Crippen LogP contribution in [-0.2, 0) is 14.3 Å². The van der Waals surface area contributed by atoms with Crippen molar-refractivity contribution in [2.45, 2.75) is 6.42 Å². The van der Waals surface area contributed by atoms with Crippen LogP contribution in [-0.4, -0.2) is 54.7 Å². The summed E-state index contributed by atoms with van der Waals surface area (Å²) in [7, 11) is 0. The molecule has 1 rings (SSSR count). The summed E-state index contributed by atoms with van der Waals surface area (Å²) < 4.78 is 5.12. The first-order valence-electron chi connectivity index (χ1n) is 4.93. The van der Waals surface area contributed by atoms with Crippen LogP contribution in [0.1, 0.15) is 6.42 Å². The molecule has 1 saturated heterocycles. The van der Waals surface area contributed by atoms with E-state index >= 15 is 0 Å². The van der Waals surface area contributed by atoms with Gasteiger partial charge in [-0.15, -0.1) is 0 Å². The van der Waals surface area contributed by atoms with Crippen LogP contribution in [0.25, 0.3) is 0 Å². The van der Waals surface area contributed by atoms with Gasteiger partial charge < -0.3 is 20.5 Å². The Hall–Kier alpha value is -1.14. The van der Waals surface area contributed by atoms with Gasteiger partial charge in [-0.05, 0) is 0 Å². The van der Waals surface area contributed by atoms with Crippen LogP contribution in [0, 0.1) is 5.92 Å². The molecule has 1 amide bonds. The molecule has 6 nitrogen and oxygen atoms in total.